The van der Waals surface area contributed by atoms with Crippen molar-refractivity contribution in [1.29, 1.82) is 0 Å². The summed E-state index contributed by atoms with van der Waals surface area (Å²) in [5.74, 6) is 0. The second-order valence-corrected chi connectivity index (χ2v) is 7.06. The number of benzene rings is 1. The van der Waals surface area contributed by atoms with Crippen LogP contribution in [0.25, 0.3) is 0 Å². The van der Waals surface area contributed by atoms with E-state index in [1.807, 2.05) is 0 Å². The molecule has 0 saturated heterocycles. The number of alkyl halides is 4. The van der Waals surface area contributed by atoms with E-state index >= 15 is 0 Å². The van der Waals surface area contributed by atoms with E-state index in [1.165, 1.54) is 24.3 Å². The smallest absolute Gasteiger partial charge is 0.283 e. The predicted octanol–water partition coefficient (Wildman–Crippen LogP) is 3.39. The van der Waals surface area contributed by atoms with Crippen LogP contribution in [-0.2, 0) is 10.0 Å². The molecule has 96 valence electrons. The van der Waals surface area contributed by atoms with Crippen molar-refractivity contribution in [3.05, 3.63) is 24.3 Å². The first kappa shape index (κ1) is 14.7. The maximum absolute atomic E-state index is 12.0. The molecule has 0 aliphatic heterocycles. The molecule has 0 atom stereocenters. The topological polar surface area (TPSA) is 46.2 Å². The van der Waals surface area contributed by atoms with Gasteiger partial charge in [-0.1, -0.05) is 15.9 Å². The molecule has 1 N–H and O–H groups in total. The van der Waals surface area contributed by atoms with Crippen LogP contribution in [0.15, 0.2) is 29.2 Å². The lowest BCUT2D eigenvalue weighted by atomic mass is 10.3. The Morgan fingerprint density at radius 2 is 1.76 bits per heavy atom. The lowest BCUT2D eigenvalue weighted by molar-refractivity contribution is -0.0328. The fourth-order valence-electron chi connectivity index (χ4n) is 0.931. The molecule has 0 aromatic heterocycles. The summed E-state index contributed by atoms with van der Waals surface area (Å²) in [6.45, 7) is 0. The van der Waals surface area contributed by atoms with Crippen molar-refractivity contribution in [2.24, 2.45) is 0 Å². The molecule has 1 rings (SSSR count). The number of hydrogen-bond acceptors (Lipinski definition) is 3. The van der Waals surface area contributed by atoms with Gasteiger partial charge in [0.1, 0.15) is 4.66 Å². The molecule has 9 heteroatoms. The Kier molecular flexibility index (Phi) is 4.73. The first-order chi connectivity index (χ1) is 7.72. The van der Waals surface area contributed by atoms with E-state index in [2.05, 4.69) is 20.7 Å². The molecule has 0 amide bonds. The van der Waals surface area contributed by atoms with Gasteiger partial charge in [0.05, 0.1) is 0 Å². The largest absolute Gasteiger partial charge is 0.446 e. The lowest BCUT2D eigenvalue weighted by Gasteiger charge is -2.08. The molecule has 0 aliphatic rings. The zero-order chi connectivity index (χ0) is 13.1. The molecule has 0 bridgehead atoms. The minimum Gasteiger partial charge on any atom is -0.283 e. The number of anilines is 1. The Morgan fingerprint density at radius 3 is 2.18 bits per heavy atom. The predicted molar refractivity (Wildman–Crippen MR) is 64.7 cm³/mol. The van der Waals surface area contributed by atoms with Gasteiger partial charge in [0.25, 0.3) is 0 Å². The summed E-state index contributed by atoms with van der Waals surface area (Å²) in [5, 5.41) is 0. The first-order valence-electron chi connectivity index (χ1n) is 4.14. The molecule has 0 heterocycles. The molecule has 1 aromatic rings. The van der Waals surface area contributed by atoms with Gasteiger partial charge in [0, 0.05) is 10.6 Å². The number of rotatable bonds is 4. The monoisotopic (exact) mass is 349 g/mol. The fraction of sp³-hybridized carbons (Fsp3) is 0.250. The summed E-state index contributed by atoms with van der Waals surface area (Å²) in [6, 6.07) is 4.94. The first-order valence-corrected chi connectivity index (χ1v) is 7.73. The average Bonchev–Trinajstić information content (AvgIpc) is 2.19. The van der Waals surface area contributed by atoms with Gasteiger partial charge in [-0.05, 0) is 36.0 Å². The molecule has 0 fully saturated rings. The lowest BCUT2D eigenvalue weighted by Crippen LogP contribution is -2.12. The van der Waals surface area contributed by atoms with Gasteiger partial charge in [0.2, 0.25) is 10.0 Å². The van der Waals surface area contributed by atoms with E-state index in [9.17, 15) is 21.6 Å². The summed E-state index contributed by atoms with van der Waals surface area (Å²) < 4.78 is 60.2. The van der Waals surface area contributed by atoms with Crippen LogP contribution >= 0.6 is 27.7 Å². The van der Waals surface area contributed by atoms with Gasteiger partial charge >= 0.3 is 5.51 Å². The third kappa shape index (κ3) is 5.64. The van der Waals surface area contributed by atoms with E-state index < -0.39 is 15.5 Å². The van der Waals surface area contributed by atoms with Crippen molar-refractivity contribution in [1.82, 2.24) is 0 Å². The standard InChI is InChI=1S/C8H7BrF3NO2S2/c9-5-17(14,15)13-6-1-3-7(4-2-6)16-8(10,11)12/h1-4,13H,5H2. The Bertz CT molecular complexity index is 473. The Balaban J connectivity index is 2.76. The zero-order valence-corrected chi connectivity index (χ0v) is 11.4. The van der Waals surface area contributed by atoms with Crippen LogP contribution in [0.4, 0.5) is 18.9 Å². The normalized spacial score (nSPS) is 12.5. The van der Waals surface area contributed by atoms with Gasteiger partial charge in [-0.2, -0.15) is 13.2 Å². The Hall–Kier alpha value is -0.410. The molecule has 3 nitrogen and oxygen atoms in total. The molecule has 0 unspecified atom stereocenters. The number of sulfonamides is 1. The second kappa shape index (κ2) is 5.49. The van der Waals surface area contributed by atoms with Crippen LogP contribution in [0.3, 0.4) is 0 Å². The fourth-order valence-corrected chi connectivity index (χ4v) is 2.36. The van der Waals surface area contributed by atoms with Gasteiger partial charge in [0.15, 0.2) is 0 Å². The van der Waals surface area contributed by atoms with E-state index in [4.69, 9.17) is 0 Å². The molecule has 0 spiro atoms. The quantitative estimate of drug-likeness (QED) is 0.669. The highest BCUT2D eigenvalue weighted by atomic mass is 79.9. The van der Waals surface area contributed by atoms with E-state index in [1.54, 1.807) is 0 Å². The molecule has 0 aliphatic carbocycles. The van der Waals surface area contributed by atoms with Crippen molar-refractivity contribution < 1.29 is 21.6 Å². The minimum absolute atomic E-state index is 0.000657. The minimum atomic E-state index is -4.35. The highest BCUT2D eigenvalue weighted by Gasteiger charge is 2.29. The number of thioether (sulfide) groups is 1. The third-order valence-corrected chi connectivity index (χ3v) is 4.89. The van der Waals surface area contributed by atoms with E-state index in [0.29, 0.717) is 0 Å². The summed E-state index contributed by atoms with van der Waals surface area (Å²) in [5.41, 5.74) is -4.13. The van der Waals surface area contributed by atoms with Crippen molar-refractivity contribution in [3.8, 4) is 0 Å². The molecule has 17 heavy (non-hydrogen) atoms. The molecule has 1 aromatic carbocycles. The molecular weight excluding hydrogens is 343 g/mol. The van der Waals surface area contributed by atoms with Gasteiger partial charge in [-0.3, -0.25) is 4.72 Å². The Labute approximate surface area is 109 Å². The molecular formula is C8H7BrF3NO2S2. The van der Waals surface area contributed by atoms with Crippen LogP contribution in [0, 0.1) is 0 Å². The molecule has 0 radical (unpaired) electrons. The number of halogens is 4. The second-order valence-electron chi connectivity index (χ2n) is 2.90. The highest BCUT2D eigenvalue weighted by Crippen LogP contribution is 2.37. The van der Waals surface area contributed by atoms with Crippen molar-refractivity contribution in [2.75, 3.05) is 9.38 Å². The Morgan fingerprint density at radius 1 is 1.24 bits per heavy atom. The third-order valence-electron chi connectivity index (χ3n) is 1.50. The maximum atomic E-state index is 12.0. The summed E-state index contributed by atoms with van der Waals surface area (Å²) in [4.78, 5) is -0.000657. The number of nitrogens with one attached hydrogen (secondary N) is 1. The van der Waals surface area contributed by atoms with E-state index in [-0.39, 0.29) is 27.0 Å². The van der Waals surface area contributed by atoms with Crippen LogP contribution in [-0.4, -0.2) is 18.6 Å². The zero-order valence-electron chi connectivity index (χ0n) is 8.16. The van der Waals surface area contributed by atoms with Gasteiger partial charge in [-0.25, -0.2) is 8.42 Å². The van der Waals surface area contributed by atoms with Crippen LogP contribution < -0.4 is 4.72 Å². The van der Waals surface area contributed by atoms with Crippen LogP contribution in [0.2, 0.25) is 0 Å². The average molecular weight is 350 g/mol. The van der Waals surface area contributed by atoms with Crippen LogP contribution in [0.1, 0.15) is 0 Å². The SMILES string of the molecule is O=S(=O)(CBr)Nc1ccc(SC(F)(F)F)cc1. The van der Waals surface area contributed by atoms with Crippen molar-refractivity contribution in [2.45, 2.75) is 10.4 Å². The number of hydrogen-bond donors (Lipinski definition) is 1. The van der Waals surface area contributed by atoms with Gasteiger partial charge in [-0.15, -0.1) is 0 Å². The van der Waals surface area contributed by atoms with Crippen molar-refractivity contribution in [3.63, 3.8) is 0 Å². The van der Waals surface area contributed by atoms with Gasteiger partial charge < -0.3 is 0 Å². The molecule has 0 saturated carbocycles. The van der Waals surface area contributed by atoms with Crippen LogP contribution in [0.5, 0.6) is 0 Å². The van der Waals surface area contributed by atoms with E-state index in [0.717, 1.165) is 0 Å². The van der Waals surface area contributed by atoms with Crippen molar-refractivity contribution >= 4 is 43.4 Å². The highest BCUT2D eigenvalue weighted by molar-refractivity contribution is 9.10. The summed E-state index contributed by atoms with van der Waals surface area (Å²) >= 11 is 2.53. The maximum Gasteiger partial charge on any atom is 0.446 e. The summed E-state index contributed by atoms with van der Waals surface area (Å²) in [7, 11) is -3.48. The summed E-state index contributed by atoms with van der Waals surface area (Å²) in [6.07, 6.45) is 0.